The molecule has 6 heteroatoms. The maximum atomic E-state index is 14.0. The molecule has 1 heterocycles. The highest BCUT2D eigenvalue weighted by Gasteiger charge is 2.68. The minimum Gasteiger partial charge on any atom is -0.494 e. The van der Waals surface area contributed by atoms with Gasteiger partial charge in [0.1, 0.15) is 11.5 Å². The number of fused-ring (bicyclic) bond motifs is 1. The van der Waals surface area contributed by atoms with Crippen LogP contribution in [-0.4, -0.2) is 13.2 Å². The minimum absolute atomic E-state index is 0.192. The third kappa shape index (κ3) is 4.12. The van der Waals surface area contributed by atoms with Crippen LogP contribution in [0.1, 0.15) is 60.5 Å². The first-order valence-electron chi connectivity index (χ1n) is 13.8. The Morgan fingerprint density at radius 2 is 1.30 bits per heavy atom. The van der Waals surface area contributed by atoms with Gasteiger partial charge in [-0.1, -0.05) is 60.7 Å². The van der Waals surface area contributed by atoms with Gasteiger partial charge in [0, 0.05) is 11.1 Å². The molecule has 0 radical (unpaired) electrons. The van der Waals surface area contributed by atoms with E-state index < -0.39 is 17.2 Å². The third-order valence-corrected chi connectivity index (χ3v) is 8.47. The van der Waals surface area contributed by atoms with Crippen LogP contribution in [0.25, 0.3) is 0 Å². The van der Waals surface area contributed by atoms with E-state index in [1.54, 1.807) is 6.07 Å². The van der Waals surface area contributed by atoms with Crippen molar-refractivity contribution in [1.82, 2.24) is 0 Å². The molecule has 206 valence electrons. The summed E-state index contributed by atoms with van der Waals surface area (Å²) in [6.07, 6.45) is -2.62. The molecule has 1 aliphatic carbocycles. The Morgan fingerprint density at radius 3 is 1.77 bits per heavy atom. The number of nitrogens with one attached hydrogen (secondary N) is 1. The number of hydrogen-bond donors (Lipinski definition) is 1. The standard InChI is InChI=1S/C34H32F3NO2/c1-3-39-27-15-10-24(11-16-27)33(25-12-17-28(18-13-25)40-4-2)29-19-14-26(34(35,36)37)22-30(29)38-31(32(33)20-21-32)23-8-6-5-7-9-23/h5-19,22,31,38H,3-4,20-21H2,1-2H3. The molecule has 40 heavy (non-hydrogen) atoms. The van der Waals surface area contributed by atoms with E-state index in [0.29, 0.717) is 18.9 Å². The predicted molar refractivity (Wildman–Crippen MR) is 151 cm³/mol. The Hall–Kier alpha value is -3.93. The smallest absolute Gasteiger partial charge is 0.416 e. The second-order valence-corrected chi connectivity index (χ2v) is 10.6. The summed E-state index contributed by atoms with van der Waals surface area (Å²) in [4.78, 5) is 0. The molecule has 1 fully saturated rings. The number of alkyl halides is 3. The molecule has 4 aromatic rings. The predicted octanol–water partition coefficient (Wildman–Crippen LogP) is 8.78. The lowest BCUT2D eigenvalue weighted by Crippen LogP contribution is -2.48. The normalized spacial score (nSPS) is 18.5. The van der Waals surface area contributed by atoms with Crippen molar-refractivity contribution in [3.8, 4) is 11.5 Å². The minimum atomic E-state index is -4.45. The first kappa shape index (κ1) is 26.3. The average molecular weight is 544 g/mol. The highest BCUT2D eigenvalue weighted by atomic mass is 19.4. The van der Waals surface area contributed by atoms with Crippen molar-refractivity contribution in [2.24, 2.45) is 5.41 Å². The summed E-state index contributed by atoms with van der Waals surface area (Å²) < 4.78 is 53.4. The highest BCUT2D eigenvalue weighted by molar-refractivity contribution is 5.71. The van der Waals surface area contributed by atoms with Crippen molar-refractivity contribution in [2.75, 3.05) is 18.5 Å². The van der Waals surface area contributed by atoms with Gasteiger partial charge in [-0.05, 0) is 85.3 Å². The molecule has 3 nitrogen and oxygen atoms in total. The van der Waals surface area contributed by atoms with Gasteiger partial charge in [-0.3, -0.25) is 0 Å². The number of anilines is 1. The molecule has 6 rings (SSSR count). The zero-order chi connectivity index (χ0) is 28.0. The SMILES string of the molecule is CCOc1ccc(C2(c3ccc(OCC)cc3)c3ccc(C(F)(F)F)cc3NC(c3ccccc3)C23CC3)cc1. The largest absolute Gasteiger partial charge is 0.494 e. The first-order chi connectivity index (χ1) is 19.3. The van der Waals surface area contributed by atoms with Crippen LogP contribution in [0.5, 0.6) is 11.5 Å². The molecular formula is C34H32F3NO2. The van der Waals surface area contributed by atoms with Crippen LogP contribution in [0.4, 0.5) is 18.9 Å². The molecule has 1 atom stereocenters. The Labute approximate surface area is 233 Å². The van der Waals surface area contributed by atoms with Crippen molar-refractivity contribution in [3.05, 3.63) is 125 Å². The fourth-order valence-corrected chi connectivity index (χ4v) is 6.78. The number of hydrogen-bond acceptors (Lipinski definition) is 3. The van der Waals surface area contributed by atoms with Crippen molar-refractivity contribution in [3.63, 3.8) is 0 Å². The highest BCUT2D eigenvalue weighted by Crippen LogP contribution is 2.73. The Morgan fingerprint density at radius 1 is 0.750 bits per heavy atom. The summed E-state index contributed by atoms with van der Waals surface area (Å²) in [5.74, 6) is 1.53. The molecule has 0 aromatic heterocycles. The maximum absolute atomic E-state index is 14.0. The average Bonchev–Trinajstić information content (AvgIpc) is 3.76. The Balaban J connectivity index is 1.66. The van der Waals surface area contributed by atoms with Crippen molar-refractivity contribution in [2.45, 2.75) is 44.3 Å². The van der Waals surface area contributed by atoms with Gasteiger partial charge < -0.3 is 14.8 Å². The van der Waals surface area contributed by atoms with E-state index >= 15 is 0 Å². The molecule has 4 aromatic carbocycles. The van der Waals surface area contributed by atoms with Crippen molar-refractivity contribution < 1.29 is 22.6 Å². The van der Waals surface area contributed by atoms with E-state index in [9.17, 15) is 13.2 Å². The van der Waals surface area contributed by atoms with Crippen molar-refractivity contribution >= 4 is 5.69 Å². The molecule has 1 unspecified atom stereocenters. The van der Waals surface area contributed by atoms with Crippen LogP contribution in [0.3, 0.4) is 0 Å². The van der Waals surface area contributed by atoms with E-state index in [2.05, 4.69) is 41.7 Å². The quantitative estimate of drug-likeness (QED) is 0.253. The van der Waals surface area contributed by atoms with Crippen LogP contribution in [-0.2, 0) is 11.6 Å². The third-order valence-electron chi connectivity index (χ3n) is 8.47. The Bertz CT molecular complexity index is 1430. The number of ether oxygens (including phenoxy) is 2. The zero-order valence-corrected chi connectivity index (χ0v) is 22.6. The van der Waals surface area contributed by atoms with Gasteiger partial charge in [-0.2, -0.15) is 13.2 Å². The topological polar surface area (TPSA) is 30.5 Å². The number of benzene rings is 4. The lowest BCUT2D eigenvalue weighted by molar-refractivity contribution is -0.137. The lowest BCUT2D eigenvalue weighted by atomic mass is 9.54. The van der Waals surface area contributed by atoms with E-state index in [0.717, 1.165) is 46.6 Å². The van der Waals surface area contributed by atoms with Crippen LogP contribution >= 0.6 is 0 Å². The lowest BCUT2D eigenvalue weighted by Gasteiger charge is -2.52. The van der Waals surface area contributed by atoms with E-state index in [1.807, 2.05) is 56.3 Å². The second-order valence-electron chi connectivity index (χ2n) is 10.6. The van der Waals surface area contributed by atoms with Gasteiger partial charge >= 0.3 is 6.18 Å². The Kier molecular flexibility index (Phi) is 6.52. The number of rotatable bonds is 7. The monoisotopic (exact) mass is 543 g/mol. The number of halogens is 3. The summed E-state index contributed by atoms with van der Waals surface area (Å²) in [5.41, 5.74) is 2.79. The van der Waals surface area contributed by atoms with E-state index in [-0.39, 0.29) is 11.5 Å². The molecule has 1 aliphatic heterocycles. The maximum Gasteiger partial charge on any atom is 0.416 e. The molecule has 1 spiro atoms. The fraction of sp³-hybridized carbons (Fsp3) is 0.294. The van der Waals surface area contributed by atoms with Crippen molar-refractivity contribution in [1.29, 1.82) is 0 Å². The van der Waals surface area contributed by atoms with E-state index in [4.69, 9.17) is 9.47 Å². The molecule has 1 saturated carbocycles. The van der Waals surface area contributed by atoms with Crippen LogP contribution < -0.4 is 14.8 Å². The van der Waals surface area contributed by atoms with Gasteiger partial charge in [0.05, 0.1) is 30.2 Å². The summed E-state index contributed by atoms with van der Waals surface area (Å²) in [6.45, 7) is 4.99. The van der Waals surface area contributed by atoms with Crippen LogP contribution in [0, 0.1) is 5.41 Å². The molecule has 2 aliphatic rings. The first-order valence-corrected chi connectivity index (χ1v) is 13.8. The molecule has 0 bridgehead atoms. The van der Waals surface area contributed by atoms with Gasteiger partial charge in [-0.25, -0.2) is 0 Å². The van der Waals surface area contributed by atoms with Gasteiger partial charge in [0.2, 0.25) is 0 Å². The van der Waals surface area contributed by atoms with Gasteiger partial charge in [-0.15, -0.1) is 0 Å². The summed E-state index contributed by atoms with van der Waals surface area (Å²) in [5, 5.41) is 3.59. The van der Waals surface area contributed by atoms with Crippen LogP contribution in [0.2, 0.25) is 0 Å². The second kappa shape index (κ2) is 9.92. The summed E-state index contributed by atoms with van der Waals surface area (Å²) in [7, 11) is 0. The molecular weight excluding hydrogens is 511 g/mol. The summed E-state index contributed by atoms with van der Waals surface area (Å²) >= 11 is 0. The molecule has 0 amide bonds. The van der Waals surface area contributed by atoms with Gasteiger partial charge in [0.25, 0.3) is 0 Å². The van der Waals surface area contributed by atoms with E-state index in [1.165, 1.54) is 12.1 Å². The zero-order valence-electron chi connectivity index (χ0n) is 22.6. The summed E-state index contributed by atoms with van der Waals surface area (Å²) in [6, 6.07) is 30.3. The molecule has 1 N–H and O–H groups in total. The fourth-order valence-electron chi connectivity index (χ4n) is 6.78. The molecule has 0 saturated heterocycles. The van der Waals surface area contributed by atoms with Crippen LogP contribution in [0.15, 0.2) is 97.1 Å². The van der Waals surface area contributed by atoms with Gasteiger partial charge in [0.15, 0.2) is 0 Å².